The first-order chi connectivity index (χ1) is 6.86. The van der Waals surface area contributed by atoms with Gasteiger partial charge in [0.25, 0.3) is 0 Å². The highest BCUT2D eigenvalue weighted by Gasteiger charge is 2.25. The van der Waals surface area contributed by atoms with Crippen molar-refractivity contribution >= 4 is 6.41 Å². The number of hydrogen-bond acceptors (Lipinski definition) is 2. The van der Waals surface area contributed by atoms with Gasteiger partial charge in [0, 0.05) is 19.2 Å². The average molecular weight is 191 g/mol. The zero-order chi connectivity index (χ0) is 9.97. The highest BCUT2D eigenvalue weighted by molar-refractivity contribution is 5.50. The first-order valence-electron chi connectivity index (χ1n) is 4.68. The van der Waals surface area contributed by atoms with E-state index in [-0.39, 0.29) is 6.23 Å². The monoisotopic (exact) mass is 191 g/mol. The van der Waals surface area contributed by atoms with Crippen molar-refractivity contribution in [3.05, 3.63) is 35.4 Å². The van der Waals surface area contributed by atoms with Crippen LogP contribution in [0.25, 0.3) is 0 Å². The molecule has 0 bridgehead atoms. The molecule has 1 aliphatic heterocycles. The van der Waals surface area contributed by atoms with Crippen LogP contribution in [-0.4, -0.2) is 25.0 Å². The number of hydrogen-bond donors (Lipinski definition) is 0. The fourth-order valence-corrected chi connectivity index (χ4v) is 1.92. The summed E-state index contributed by atoms with van der Waals surface area (Å²) in [5.74, 6) is 0. The molecule has 0 saturated heterocycles. The van der Waals surface area contributed by atoms with Gasteiger partial charge in [-0.3, -0.25) is 4.79 Å². The number of fused-ring (bicyclic) bond motifs is 1. The molecule has 0 saturated carbocycles. The van der Waals surface area contributed by atoms with Crippen molar-refractivity contribution in [1.82, 2.24) is 4.90 Å². The number of methoxy groups -OCH3 is 1. The first-order valence-corrected chi connectivity index (χ1v) is 4.68. The molecule has 3 nitrogen and oxygen atoms in total. The van der Waals surface area contributed by atoms with E-state index in [1.165, 1.54) is 5.56 Å². The van der Waals surface area contributed by atoms with Gasteiger partial charge in [0.2, 0.25) is 6.41 Å². The molecule has 1 aromatic rings. The van der Waals surface area contributed by atoms with E-state index >= 15 is 0 Å². The van der Waals surface area contributed by atoms with Gasteiger partial charge < -0.3 is 9.64 Å². The van der Waals surface area contributed by atoms with Crippen LogP contribution in [0, 0.1) is 0 Å². The highest BCUT2D eigenvalue weighted by atomic mass is 16.5. The van der Waals surface area contributed by atoms with Gasteiger partial charge in [-0.15, -0.1) is 0 Å². The molecule has 1 aromatic carbocycles. The molecule has 1 heterocycles. The second-order valence-corrected chi connectivity index (χ2v) is 3.38. The molecule has 14 heavy (non-hydrogen) atoms. The molecule has 1 unspecified atom stereocenters. The summed E-state index contributed by atoms with van der Waals surface area (Å²) in [6.45, 7) is 0.735. The van der Waals surface area contributed by atoms with Crippen molar-refractivity contribution in [2.75, 3.05) is 13.7 Å². The zero-order valence-corrected chi connectivity index (χ0v) is 8.14. The van der Waals surface area contributed by atoms with Crippen LogP contribution in [0.15, 0.2) is 24.3 Å². The van der Waals surface area contributed by atoms with E-state index in [1.54, 1.807) is 12.0 Å². The Labute approximate surface area is 83.3 Å². The molecule has 2 rings (SSSR count). The van der Waals surface area contributed by atoms with E-state index < -0.39 is 0 Å². The summed E-state index contributed by atoms with van der Waals surface area (Å²) in [6.07, 6.45) is 1.55. The molecule has 0 aromatic heterocycles. The lowest BCUT2D eigenvalue weighted by molar-refractivity contribution is -0.131. The van der Waals surface area contributed by atoms with Gasteiger partial charge in [-0.1, -0.05) is 24.3 Å². The van der Waals surface area contributed by atoms with Crippen molar-refractivity contribution < 1.29 is 9.53 Å². The van der Waals surface area contributed by atoms with Crippen LogP contribution in [0.3, 0.4) is 0 Å². The third kappa shape index (κ3) is 1.40. The first kappa shape index (κ1) is 9.21. The van der Waals surface area contributed by atoms with E-state index in [9.17, 15) is 4.79 Å². The number of rotatable bonds is 2. The Bertz CT molecular complexity index is 338. The average Bonchev–Trinajstić information content (AvgIpc) is 2.27. The Kier molecular flexibility index (Phi) is 2.50. The highest BCUT2D eigenvalue weighted by Crippen LogP contribution is 2.28. The Morgan fingerprint density at radius 2 is 2.29 bits per heavy atom. The minimum atomic E-state index is -0.211. The van der Waals surface area contributed by atoms with Gasteiger partial charge in [-0.05, 0) is 12.0 Å². The Hall–Kier alpha value is -1.35. The third-order valence-corrected chi connectivity index (χ3v) is 2.62. The quantitative estimate of drug-likeness (QED) is 0.660. The fourth-order valence-electron chi connectivity index (χ4n) is 1.92. The maximum atomic E-state index is 10.8. The number of carbonyl (C=O) groups is 1. The summed E-state index contributed by atoms with van der Waals surface area (Å²) in [7, 11) is 1.63. The Morgan fingerprint density at radius 3 is 3.00 bits per heavy atom. The molecule has 0 aliphatic carbocycles. The molecule has 1 amide bonds. The minimum Gasteiger partial charge on any atom is -0.357 e. The molecule has 0 N–H and O–H groups in total. The SMILES string of the molecule is COC1c2ccccc2CCN1C=O. The van der Waals surface area contributed by atoms with Crippen LogP contribution in [0.1, 0.15) is 17.4 Å². The molecular weight excluding hydrogens is 178 g/mol. The molecule has 0 fully saturated rings. The summed E-state index contributed by atoms with van der Waals surface area (Å²) in [6, 6.07) is 8.09. The van der Waals surface area contributed by atoms with Crippen molar-refractivity contribution in [3.8, 4) is 0 Å². The van der Waals surface area contributed by atoms with Gasteiger partial charge in [-0.25, -0.2) is 0 Å². The molecular formula is C11H13NO2. The molecule has 0 spiro atoms. The normalized spacial score (nSPS) is 20.4. The summed E-state index contributed by atoms with van der Waals surface area (Å²) in [5, 5.41) is 0. The van der Waals surface area contributed by atoms with Crippen molar-refractivity contribution in [3.63, 3.8) is 0 Å². The molecule has 1 aliphatic rings. The number of nitrogens with zero attached hydrogens (tertiary/aromatic N) is 1. The lowest BCUT2D eigenvalue weighted by Crippen LogP contribution is -2.35. The number of carbonyl (C=O) groups excluding carboxylic acids is 1. The van der Waals surface area contributed by atoms with E-state index in [0.29, 0.717) is 0 Å². The minimum absolute atomic E-state index is 0.211. The second-order valence-electron chi connectivity index (χ2n) is 3.38. The molecule has 3 heteroatoms. The largest absolute Gasteiger partial charge is 0.357 e. The third-order valence-electron chi connectivity index (χ3n) is 2.62. The number of amides is 1. The van der Waals surface area contributed by atoms with Gasteiger partial charge in [0.15, 0.2) is 6.23 Å². The van der Waals surface area contributed by atoms with Gasteiger partial charge in [-0.2, -0.15) is 0 Å². The number of benzene rings is 1. The van der Waals surface area contributed by atoms with Crippen LogP contribution < -0.4 is 0 Å². The topological polar surface area (TPSA) is 29.5 Å². The van der Waals surface area contributed by atoms with Crippen LogP contribution in [0.4, 0.5) is 0 Å². The molecule has 74 valence electrons. The predicted octanol–water partition coefficient (Wildman–Crippen LogP) is 1.35. The smallest absolute Gasteiger partial charge is 0.212 e. The zero-order valence-electron chi connectivity index (χ0n) is 8.14. The van der Waals surface area contributed by atoms with Crippen LogP contribution >= 0.6 is 0 Å². The van der Waals surface area contributed by atoms with Gasteiger partial charge in [0.1, 0.15) is 0 Å². The van der Waals surface area contributed by atoms with Gasteiger partial charge in [0.05, 0.1) is 0 Å². The summed E-state index contributed by atoms with van der Waals surface area (Å²) >= 11 is 0. The maximum Gasteiger partial charge on any atom is 0.212 e. The predicted molar refractivity (Wildman–Crippen MR) is 52.7 cm³/mol. The molecule has 1 atom stereocenters. The summed E-state index contributed by atoms with van der Waals surface area (Å²) < 4.78 is 5.32. The maximum absolute atomic E-state index is 10.8. The molecule has 0 radical (unpaired) electrons. The van der Waals surface area contributed by atoms with Gasteiger partial charge >= 0.3 is 0 Å². The van der Waals surface area contributed by atoms with Crippen molar-refractivity contribution in [1.29, 1.82) is 0 Å². The summed E-state index contributed by atoms with van der Waals surface area (Å²) in [4.78, 5) is 12.5. The van der Waals surface area contributed by atoms with E-state index in [2.05, 4.69) is 6.07 Å². The van der Waals surface area contributed by atoms with E-state index in [1.807, 2.05) is 18.2 Å². The van der Waals surface area contributed by atoms with Crippen LogP contribution in [-0.2, 0) is 16.0 Å². The number of ether oxygens (including phenoxy) is 1. The van der Waals surface area contributed by atoms with Crippen molar-refractivity contribution in [2.24, 2.45) is 0 Å². The fraction of sp³-hybridized carbons (Fsp3) is 0.364. The van der Waals surface area contributed by atoms with E-state index in [4.69, 9.17) is 4.74 Å². The van der Waals surface area contributed by atoms with E-state index in [0.717, 1.165) is 24.9 Å². The Morgan fingerprint density at radius 1 is 1.50 bits per heavy atom. The summed E-state index contributed by atoms with van der Waals surface area (Å²) in [5.41, 5.74) is 2.38. The lowest BCUT2D eigenvalue weighted by Gasteiger charge is -2.33. The standard InChI is InChI=1S/C11H13NO2/c1-14-11-10-5-3-2-4-9(10)6-7-12(11)8-13/h2-5,8,11H,6-7H2,1H3. The Balaban J connectivity index is 2.39. The van der Waals surface area contributed by atoms with Crippen LogP contribution in [0.5, 0.6) is 0 Å². The van der Waals surface area contributed by atoms with Crippen molar-refractivity contribution in [2.45, 2.75) is 12.6 Å². The lowest BCUT2D eigenvalue weighted by atomic mass is 9.99. The van der Waals surface area contributed by atoms with Crippen LogP contribution in [0.2, 0.25) is 0 Å². The second kappa shape index (κ2) is 3.80.